The van der Waals surface area contributed by atoms with E-state index in [-0.39, 0.29) is 18.6 Å². The van der Waals surface area contributed by atoms with Crippen molar-refractivity contribution < 1.29 is 23.8 Å². The monoisotopic (exact) mass is 258 g/mol. The molecule has 0 aromatic heterocycles. The summed E-state index contributed by atoms with van der Waals surface area (Å²) in [7, 11) is 0. The third kappa shape index (κ3) is 2.94. The van der Waals surface area contributed by atoms with Crippen LogP contribution in [0.4, 0.5) is 4.79 Å². The van der Waals surface area contributed by atoms with Crippen molar-refractivity contribution in [2.24, 2.45) is 10.8 Å². The van der Waals surface area contributed by atoms with Crippen molar-refractivity contribution in [3.63, 3.8) is 0 Å². The fourth-order valence-corrected chi connectivity index (χ4v) is 1.15. The van der Waals surface area contributed by atoms with Crippen LogP contribution in [0.15, 0.2) is 0 Å². The summed E-state index contributed by atoms with van der Waals surface area (Å²) in [5.41, 5.74) is -1.74. The van der Waals surface area contributed by atoms with Crippen molar-refractivity contribution in [2.75, 3.05) is 13.2 Å². The lowest BCUT2D eigenvalue weighted by atomic mass is 9.78. The molecule has 0 aliphatic carbocycles. The number of carbonyl (C=O) groups is 2. The summed E-state index contributed by atoms with van der Waals surface area (Å²) in [6, 6.07) is 0. The van der Waals surface area contributed by atoms with Crippen LogP contribution in [0.3, 0.4) is 0 Å². The molecule has 1 rings (SSSR count). The summed E-state index contributed by atoms with van der Waals surface area (Å²) < 4.78 is 15.1. The van der Waals surface area contributed by atoms with E-state index in [1.54, 1.807) is 6.92 Å². The fourth-order valence-electron chi connectivity index (χ4n) is 1.15. The number of rotatable bonds is 2. The zero-order valence-electron chi connectivity index (χ0n) is 12.0. The highest BCUT2D eigenvalue weighted by molar-refractivity contribution is 5.78. The van der Waals surface area contributed by atoms with E-state index >= 15 is 0 Å². The van der Waals surface area contributed by atoms with Crippen LogP contribution < -0.4 is 0 Å². The van der Waals surface area contributed by atoms with Gasteiger partial charge in [0.05, 0.1) is 0 Å². The Bertz CT molecular complexity index is 341. The molecule has 0 amide bonds. The predicted molar refractivity (Wildman–Crippen MR) is 65.0 cm³/mol. The van der Waals surface area contributed by atoms with Gasteiger partial charge in [-0.3, -0.25) is 4.79 Å². The van der Waals surface area contributed by atoms with Crippen LogP contribution in [-0.4, -0.2) is 30.9 Å². The normalized spacial score (nSPS) is 19.8. The van der Waals surface area contributed by atoms with Gasteiger partial charge in [0.25, 0.3) is 0 Å². The summed E-state index contributed by atoms with van der Waals surface area (Å²) in [6.07, 6.45) is -0.740. The number of hydrogen-bond donors (Lipinski definition) is 0. The molecule has 1 aliphatic rings. The molecule has 0 aromatic rings. The molecule has 104 valence electrons. The number of hydrogen-bond acceptors (Lipinski definition) is 5. The molecule has 0 unspecified atom stereocenters. The minimum atomic E-state index is -0.934. The first kappa shape index (κ1) is 14.8. The van der Waals surface area contributed by atoms with Gasteiger partial charge in [-0.15, -0.1) is 0 Å². The van der Waals surface area contributed by atoms with Crippen LogP contribution in [0.1, 0.15) is 41.5 Å². The van der Waals surface area contributed by atoms with Crippen LogP contribution in [0.25, 0.3) is 0 Å². The molecule has 1 fully saturated rings. The average molecular weight is 258 g/mol. The van der Waals surface area contributed by atoms with E-state index in [0.717, 1.165) is 0 Å². The van der Waals surface area contributed by atoms with Gasteiger partial charge in [-0.05, 0) is 20.8 Å². The van der Waals surface area contributed by atoms with E-state index in [0.29, 0.717) is 0 Å². The van der Waals surface area contributed by atoms with Crippen LogP contribution in [0, 0.1) is 10.8 Å². The maximum atomic E-state index is 12.2. The Hall–Kier alpha value is -1.26. The van der Waals surface area contributed by atoms with Crippen molar-refractivity contribution in [3.05, 3.63) is 0 Å². The zero-order valence-corrected chi connectivity index (χ0v) is 12.0. The number of ether oxygens (including phenoxy) is 3. The van der Waals surface area contributed by atoms with E-state index in [2.05, 4.69) is 0 Å². The highest BCUT2D eigenvalue weighted by Gasteiger charge is 2.46. The quantitative estimate of drug-likeness (QED) is 0.712. The third-order valence-electron chi connectivity index (χ3n) is 3.66. The summed E-state index contributed by atoms with van der Waals surface area (Å²) in [5.74, 6) is -0.407. The van der Waals surface area contributed by atoms with E-state index in [9.17, 15) is 9.59 Å². The van der Waals surface area contributed by atoms with Gasteiger partial charge in [0.15, 0.2) is 0 Å². The van der Waals surface area contributed by atoms with E-state index in [4.69, 9.17) is 14.2 Å². The lowest BCUT2D eigenvalue weighted by Crippen LogP contribution is -2.49. The van der Waals surface area contributed by atoms with Gasteiger partial charge in [-0.2, -0.15) is 0 Å². The number of cyclic esters (lactones) is 2. The van der Waals surface area contributed by atoms with Crippen LogP contribution in [0.2, 0.25) is 0 Å². The molecule has 18 heavy (non-hydrogen) atoms. The molecule has 0 spiro atoms. The molecule has 1 aliphatic heterocycles. The molecule has 0 bridgehead atoms. The van der Waals surface area contributed by atoms with Crippen molar-refractivity contribution in [3.8, 4) is 0 Å². The first-order valence-corrected chi connectivity index (χ1v) is 6.01. The predicted octanol–water partition coefficient (Wildman–Crippen LogP) is 2.53. The van der Waals surface area contributed by atoms with Gasteiger partial charge in [-0.25, -0.2) is 4.79 Å². The topological polar surface area (TPSA) is 61.8 Å². The second kappa shape index (κ2) is 4.44. The molecule has 0 N–H and O–H groups in total. The molecule has 0 radical (unpaired) electrons. The van der Waals surface area contributed by atoms with Crippen LogP contribution >= 0.6 is 0 Å². The SMILES string of the molecule is CC1(C(=O)OC(C)(C)C(C)(C)C)COC(=O)OC1. The largest absolute Gasteiger partial charge is 0.508 e. The molecule has 0 aromatic carbocycles. The van der Waals surface area contributed by atoms with Gasteiger partial charge >= 0.3 is 12.1 Å². The fraction of sp³-hybridized carbons (Fsp3) is 0.846. The maximum absolute atomic E-state index is 12.2. The minimum Gasteiger partial charge on any atom is -0.459 e. The Kier molecular flexibility index (Phi) is 3.65. The van der Waals surface area contributed by atoms with Gasteiger partial charge in [0, 0.05) is 5.41 Å². The van der Waals surface area contributed by atoms with Crippen molar-refractivity contribution in [2.45, 2.75) is 47.1 Å². The van der Waals surface area contributed by atoms with Gasteiger partial charge in [0.1, 0.15) is 24.2 Å². The Morgan fingerprint density at radius 2 is 1.61 bits per heavy atom. The van der Waals surface area contributed by atoms with Crippen molar-refractivity contribution in [1.29, 1.82) is 0 Å². The summed E-state index contributed by atoms with van der Waals surface area (Å²) in [5, 5.41) is 0. The molecule has 5 nitrogen and oxygen atoms in total. The Morgan fingerprint density at radius 3 is 2.00 bits per heavy atom. The lowest BCUT2D eigenvalue weighted by molar-refractivity contribution is -0.188. The second-order valence-electron chi connectivity index (χ2n) is 6.54. The zero-order chi connectivity index (χ0) is 14.2. The second-order valence-corrected chi connectivity index (χ2v) is 6.54. The molecule has 1 saturated heterocycles. The first-order chi connectivity index (χ1) is 7.98. The lowest BCUT2D eigenvalue weighted by Gasteiger charge is -2.41. The minimum absolute atomic E-state index is 0.00904. The van der Waals surface area contributed by atoms with E-state index < -0.39 is 23.1 Å². The molecular formula is C13H22O5. The maximum Gasteiger partial charge on any atom is 0.508 e. The Morgan fingerprint density at radius 1 is 1.17 bits per heavy atom. The number of esters is 1. The Balaban J connectivity index is 2.74. The average Bonchev–Trinajstić information content (AvgIpc) is 2.20. The van der Waals surface area contributed by atoms with Crippen LogP contribution in [-0.2, 0) is 19.0 Å². The van der Waals surface area contributed by atoms with Crippen molar-refractivity contribution in [1.82, 2.24) is 0 Å². The molecule has 0 atom stereocenters. The van der Waals surface area contributed by atoms with E-state index in [1.165, 1.54) is 0 Å². The standard InChI is InChI=1S/C13H22O5/c1-11(2,3)12(4,5)18-9(14)13(6)7-16-10(15)17-8-13/h7-8H2,1-6H3. The van der Waals surface area contributed by atoms with Gasteiger partial charge in [0.2, 0.25) is 0 Å². The Labute approximate surface area is 108 Å². The molecule has 0 saturated carbocycles. The third-order valence-corrected chi connectivity index (χ3v) is 3.66. The molecular weight excluding hydrogens is 236 g/mol. The highest BCUT2D eigenvalue weighted by atomic mass is 16.7. The van der Waals surface area contributed by atoms with Gasteiger partial charge in [-0.1, -0.05) is 20.8 Å². The van der Waals surface area contributed by atoms with Gasteiger partial charge < -0.3 is 14.2 Å². The summed E-state index contributed by atoms with van der Waals surface area (Å²) >= 11 is 0. The molecule has 1 heterocycles. The van der Waals surface area contributed by atoms with Crippen molar-refractivity contribution >= 4 is 12.1 Å². The molecule has 5 heteroatoms. The highest BCUT2D eigenvalue weighted by Crippen LogP contribution is 2.36. The van der Waals surface area contributed by atoms with Crippen LogP contribution in [0.5, 0.6) is 0 Å². The number of carbonyl (C=O) groups excluding carboxylic acids is 2. The first-order valence-electron chi connectivity index (χ1n) is 6.01. The van der Waals surface area contributed by atoms with E-state index in [1.807, 2.05) is 34.6 Å². The summed E-state index contributed by atoms with van der Waals surface area (Å²) in [6.45, 7) is 11.4. The smallest absolute Gasteiger partial charge is 0.459 e. The summed E-state index contributed by atoms with van der Waals surface area (Å²) in [4.78, 5) is 23.0.